The summed E-state index contributed by atoms with van der Waals surface area (Å²) in [6.07, 6.45) is 3.71. The van der Waals surface area contributed by atoms with Crippen LogP contribution in [0.1, 0.15) is 41.6 Å². The number of Topliss-reactive ketones (excluding diaryl/α,β-unsaturated/α-hetero) is 1. The van der Waals surface area contributed by atoms with Crippen LogP contribution in [-0.2, 0) is 19.2 Å². The molecule has 2 amide bonds. The largest absolute Gasteiger partial charge is 0.508 e. The second-order valence-electron chi connectivity index (χ2n) is 10.2. The molecule has 0 bridgehead atoms. The monoisotopic (exact) mass is 509 g/mol. The van der Waals surface area contributed by atoms with E-state index < -0.39 is 41.5 Å². The molecule has 0 aromatic heterocycles. The smallest absolute Gasteiger partial charge is 0.335 e. The zero-order valence-electron chi connectivity index (χ0n) is 20.4. The highest BCUT2D eigenvalue weighted by Crippen LogP contribution is 2.55. The number of carboxylic acids is 1. The summed E-state index contributed by atoms with van der Waals surface area (Å²) in [5.74, 6) is -4.92. The van der Waals surface area contributed by atoms with Gasteiger partial charge in [-0.05, 0) is 67.7 Å². The van der Waals surface area contributed by atoms with E-state index in [2.05, 4.69) is 0 Å². The van der Waals surface area contributed by atoms with Crippen molar-refractivity contribution in [2.75, 3.05) is 4.90 Å². The van der Waals surface area contributed by atoms with Gasteiger partial charge in [-0.1, -0.05) is 29.8 Å². The van der Waals surface area contributed by atoms with Crippen LogP contribution in [-0.4, -0.2) is 39.6 Å². The van der Waals surface area contributed by atoms with Crippen molar-refractivity contribution in [3.8, 4) is 5.75 Å². The van der Waals surface area contributed by atoms with Crippen molar-refractivity contribution in [3.63, 3.8) is 0 Å². The van der Waals surface area contributed by atoms with Crippen LogP contribution >= 0.6 is 0 Å². The van der Waals surface area contributed by atoms with Crippen LogP contribution in [0.4, 0.5) is 5.69 Å². The van der Waals surface area contributed by atoms with Crippen molar-refractivity contribution >= 4 is 35.0 Å². The van der Waals surface area contributed by atoms with Crippen LogP contribution < -0.4 is 4.90 Å². The van der Waals surface area contributed by atoms with Crippen LogP contribution in [0.3, 0.4) is 0 Å². The lowest BCUT2D eigenvalue weighted by molar-refractivity contribution is -0.123. The molecule has 4 atom stereocenters. The normalized spacial score (nSPS) is 26.5. The van der Waals surface area contributed by atoms with E-state index in [1.54, 1.807) is 19.1 Å². The molecule has 38 heavy (non-hydrogen) atoms. The highest BCUT2D eigenvalue weighted by molar-refractivity contribution is 6.25. The van der Waals surface area contributed by atoms with Crippen LogP contribution in [0.25, 0.3) is 0 Å². The third-order valence-corrected chi connectivity index (χ3v) is 8.14. The third kappa shape index (κ3) is 3.40. The summed E-state index contributed by atoms with van der Waals surface area (Å²) in [5, 5.41) is 19.2. The van der Waals surface area contributed by atoms with Gasteiger partial charge in [-0.2, -0.15) is 0 Å². The number of ketones is 2. The first kappa shape index (κ1) is 23.8. The highest BCUT2D eigenvalue weighted by atomic mass is 16.4. The van der Waals surface area contributed by atoms with Crippen molar-refractivity contribution < 1.29 is 34.2 Å². The lowest BCUT2D eigenvalue weighted by Gasteiger charge is -2.42. The van der Waals surface area contributed by atoms with E-state index in [4.69, 9.17) is 0 Å². The Morgan fingerprint density at radius 2 is 1.71 bits per heavy atom. The molecule has 2 N–H and O–H groups in total. The van der Waals surface area contributed by atoms with E-state index in [0.717, 1.165) is 10.5 Å². The molecule has 8 nitrogen and oxygen atoms in total. The predicted molar refractivity (Wildman–Crippen MR) is 135 cm³/mol. The minimum Gasteiger partial charge on any atom is -0.508 e. The first-order valence-corrected chi connectivity index (χ1v) is 12.4. The summed E-state index contributed by atoms with van der Waals surface area (Å²) in [6.45, 7) is 1.59. The Morgan fingerprint density at radius 3 is 2.42 bits per heavy atom. The van der Waals surface area contributed by atoms with Gasteiger partial charge in [0.25, 0.3) is 0 Å². The summed E-state index contributed by atoms with van der Waals surface area (Å²) >= 11 is 0. The summed E-state index contributed by atoms with van der Waals surface area (Å²) in [6, 6.07) is 12.2. The van der Waals surface area contributed by atoms with Crippen LogP contribution in [0, 0.1) is 17.8 Å². The Balaban J connectivity index is 1.47. The number of aromatic hydroxyl groups is 1. The molecule has 1 saturated heterocycles. The van der Waals surface area contributed by atoms with E-state index in [1.807, 2.05) is 6.08 Å². The molecule has 190 valence electrons. The molecule has 0 radical (unpaired) electrons. The van der Waals surface area contributed by atoms with Gasteiger partial charge in [0.2, 0.25) is 11.8 Å². The average Bonchev–Trinajstić information content (AvgIpc) is 3.16. The van der Waals surface area contributed by atoms with Crippen LogP contribution in [0.15, 0.2) is 83.0 Å². The van der Waals surface area contributed by atoms with Gasteiger partial charge < -0.3 is 10.2 Å². The molecular formula is C30H23NO7. The molecule has 0 saturated carbocycles. The highest BCUT2D eigenvalue weighted by Gasteiger charge is 2.56. The van der Waals surface area contributed by atoms with Gasteiger partial charge in [0.05, 0.1) is 23.1 Å². The number of anilines is 1. The number of hydrogen-bond acceptors (Lipinski definition) is 6. The topological polar surface area (TPSA) is 129 Å². The number of hydrogen-bond donors (Lipinski definition) is 2. The molecule has 6 rings (SSSR count). The molecule has 1 aliphatic heterocycles. The van der Waals surface area contributed by atoms with Gasteiger partial charge in [0.15, 0.2) is 11.6 Å². The zero-order valence-corrected chi connectivity index (χ0v) is 20.4. The Kier molecular flexibility index (Phi) is 5.31. The first-order chi connectivity index (χ1) is 18.2. The second-order valence-corrected chi connectivity index (χ2v) is 10.2. The SMILES string of the molecule is CC1=CC(=O)C2=C(C[C@@H]3C(=CC[C@@H]4C(=O)N(c5cccc(C(=O)O)c5)C(=O)[C@@H]43)[C@@H]2c2ccc(O)cc2)C1=O. The minimum absolute atomic E-state index is 0.0368. The number of carbonyl (C=O) groups excluding carboxylic acids is 4. The summed E-state index contributed by atoms with van der Waals surface area (Å²) < 4.78 is 0. The van der Waals surface area contributed by atoms with E-state index in [1.165, 1.54) is 42.5 Å². The first-order valence-electron chi connectivity index (χ1n) is 12.4. The number of benzene rings is 2. The maximum absolute atomic E-state index is 13.9. The number of carbonyl (C=O) groups is 5. The number of amides is 2. The van der Waals surface area contributed by atoms with Crippen molar-refractivity contribution in [1.29, 1.82) is 0 Å². The van der Waals surface area contributed by atoms with Gasteiger partial charge in [0, 0.05) is 22.6 Å². The van der Waals surface area contributed by atoms with E-state index >= 15 is 0 Å². The molecule has 2 aromatic carbocycles. The third-order valence-electron chi connectivity index (χ3n) is 8.14. The number of fused-ring (bicyclic) bond motifs is 3. The number of nitrogens with zero attached hydrogens (tertiary/aromatic N) is 1. The predicted octanol–water partition coefficient (Wildman–Crippen LogP) is 3.72. The Hall–Kier alpha value is -4.59. The van der Waals surface area contributed by atoms with Crippen molar-refractivity contribution in [2.45, 2.75) is 25.7 Å². The zero-order chi connectivity index (χ0) is 26.9. The molecule has 1 heterocycles. The second kappa shape index (κ2) is 8.48. The lowest BCUT2D eigenvalue weighted by Crippen LogP contribution is -2.39. The van der Waals surface area contributed by atoms with Crippen LogP contribution in [0.5, 0.6) is 5.75 Å². The number of carboxylic acid groups (broad SMARTS) is 1. The number of aromatic carboxylic acids is 1. The number of phenols is 1. The lowest BCUT2D eigenvalue weighted by atomic mass is 9.59. The van der Waals surface area contributed by atoms with Crippen molar-refractivity contribution in [2.24, 2.45) is 17.8 Å². The molecule has 4 aliphatic rings. The molecule has 8 heteroatoms. The van der Waals surface area contributed by atoms with Gasteiger partial charge in [0.1, 0.15) is 5.75 Å². The van der Waals surface area contributed by atoms with Crippen molar-refractivity contribution in [3.05, 3.63) is 94.1 Å². The molecule has 2 aromatic rings. The fourth-order valence-electron chi connectivity index (χ4n) is 6.46. The minimum atomic E-state index is -1.17. The molecule has 0 unspecified atom stereocenters. The summed E-state index contributed by atoms with van der Waals surface area (Å²) in [7, 11) is 0. The molecular weight excluding hydrogens is 486 g/mol. The fraction of sp³-hybridized carbons (Fsp3) is 0.233. The van der Waals surface area contributed by atoms with Crippen LogP contribution in [0.2, 0.25) is 0 Å². The standard InChI is InChI=1S/C30H23NO7/c1-14-11-23(33)26-22(27(14)34)13-21-19(24(26)15-5-7-18(32)8-6-15)9-10-20-25(21)29(36)31(28(20)35)17-4-2-3-16(12-17)30(37)38/h2-9,11-12,20-21,24-25,32H,10,13H2,1H3,(H,37,38)/t20-,21+,24-,25-/m0/s1. The maximum atomic E-state index is 13.9. The number of rotatable bonds is 3. The fourth-order valence-corrected chi connectivity index (χ4v) is 6.46. The molecule has 1 fully saturated rings. The van der Waals surface area contributed by atoms with Crippen molar-refractivity contribution in [1.82, 2.24) is 0 Å². The van der Waals surface area contributed by atoms with E-state index in [-0.39, 0.29) is 41.4 Å². The summed E-state index contributed by atoms with van der Waals surface area (Å²) in [5.41, 5.74) is 2.76. The number of phenolic OH excluding ortho intramolecular Hbond substituents is 1. The maximum Gasteiger partial charge on any atom is 0.335 e. The van der Waals surface area contributed by atoms with Gasteiger partial charge in [-0.15, -0.1) is 0 Å². The Morgan fingerprint density at radius 1 is 0.974 bits per heavy atom. The Bertz CT molecular complexity index is 1560. The quantitative estimate of drug-likeness (QED) is 0.366. The number of allylic oxidation sites excluding steroid dienone is 6. The van der Waals surface area contributed by atoms with E-state index in [0.29, 0.717) is 22.3 Å². The van der Waals surface area contributed by atoms with Gasteiger partial charge >= 0.3 is 5.97 Å². The molecule has 3 aliphatic carbocycles. The number of imide groups is 1. The molecule has 0 spiro atoms. The van der Waals surface area contributed by atoms with E-state index in [9.17, 15) is 34.2 Å². The van der Waals surface area contributed by atoms with Gasteiger partial charge in [-0.25, -0.2) is 4.79 Å². The average molecular weight is 510 g/mol. The van der Waals surface area contributed by atoms with Gasteiger partial charge in [-0.3, -0.25) is 24.1 Å². The summed E-state index contributed by atoms with van der Waals surface area (Å²) in [4.78, 5) is 66.4. The Labute approximate surface area is 217 Å².